The molecule has 0 radical (unpaired) electrons. The number of rotatable bonds is 6. The third-order valence-corrected chi connectivity index (χ3v) is 6.05. The Bertz CT molecular complexity index is 1230. The Balaban J connectivity index is 1.58. The van der Waals surface area contributed by atoms with E-state index in [1.165, 1.54) is 11.3 Å². The van der Waals surface area contributed by atoms with Gasteiger partial charge in [0, 0.05) is 36.2 Å². The van der Waals surface area contributed by atoms with Gasteiger partial charge in [0.05, 0.1) is 31.0 Å². The van der Waals surface area contributed by atoms with E-state index in [9.17, 15) is 4.79 Å². The van der Waals surface area contributed by atoms with Gasteiger partial charge in [-0.3, -0.25) is 14.7 Å². The molecule has 32 heavy (non-hydrogen) atoms. The van der Waals surface area contributed by atoms with E-state index in [2.05, 4.69) is 4.98 Å². The van der Waals surface area contributed by atoms with Gasteiger partial charge in [-0.1, -0.05) is 17.4 Å². The molecule has 4 aromatic rings. The van der Waals surface area contributed by atoms with Gasteiger partial charge in [-0.05, 0) is 23.8 Å². The number of fused-ring (bicyclic) bond motifs is 2. The average molecular weight is 449 g/mol. The number of methoxy groups -OCH3 is 2. The molecule has 0 atom stereocenters. The Morgan fingerprint density at radius 2 is 1.84 bits per heavy atom. The summed E-state index contributed by atoms with van der Waals surface area (Å²) in [4.78, 5) is 24.2. The van der Waals surface area contributed by atoms with Crippen LogP contribution in [0.2, 0.25) is 0 Å². The number of thiazole rings is 1. The van der Waals surface area contributed by atoms with Gasteiger partial charge in [0.2, 0.25) is 6.79 Å². The molecule has 0 bridgehead atoms. The molecule has 8 nitrogen and oxygen atoms in total. The quantitative estimate of drug-likeness (QED) is 0.434. The molecule has 5 rings (SSSR count). The molecule has 1 amide bonds. The first-order valence-corrected chi connectivity index (χ1v) is 10.6. The number of ether oxygens (including phenoxy) is 4. The first kappa shape index (κ1) is 20.1. The minimum atomic E-state index is -0.231. The van der Waals surface area contributed by atoms with E-state index < -0.39 is 0 Å². The van der Waals surface area contributed by atoms with E-state index in [0.29, 0.717) is 40.2 Å². The molecule has 2 aromatic heterocycles. The lowest BCUT2D eigenvalue weighted by atomic mass is 10.1. The van der Waals surface area contributed by atoms with Gasteiger partial charge in [0.15, 0.2) is 16.6 Å². The van der Waals surface area contributed by atoms with Crippen molar-refractivity contribution in [1.82, 2.24) is 9.97 Å². The van der Waals surface area contributed by atoms with E-state index in [0.717, 1.165) is 15.8 Å². The highest BCUT2D eigenvalue weighted by Gasteiger charge is 2.24. The summed E-state index contributed by atoms with van der Waals surface area (Å²) in [6.07, 6.45) is 3.43. The highest BCUT2D eigenvalue weighted by Crippen LogP contribution is 2.40. The lowest BCUT2D eigenvalue weighted by Crippen LogP contribution is -2.30. The van der Waals surface area contributed by atoms with Crippen LogP contribution in [0.15, 0.2) is 54.9 Å². The van der Waals surface area contributed by atoms with Crippen LogP contribution in [-0.2, 0) is 6.54 Å². The number of carbonyl (C=O) groups is 1. The molecule has 162 valence electrons. The number of benzene rings is 2. The molecule has 1 aliphatic rings. The molecule has 3 heterocycles. The third kappa shape index (κ3) is 3.78. The van der Waals surface area contributed by atoms with Crippen LogP contribution >= 0.6 is 11.3 Å². The fourth-order valence-corrected chi connectivity index (χ4v) is 4.38. The van der Waals surface area contributed by atoms with E-state index in [4.69, 9.17) is 23.9 Å². The lowest BCUT2D eigenvalue weighted by Gasteiger charge is -2.20. The highest BCUT2D eigenvalue weighted by atomic mass is 32.1. The molecule has 0 fully saturated rings. The zero-order valence-electron chi connectivity index (χ0n) is 17.4. The number of hydrogen-bond acceptors (Lipinski definition) is 8. The van der Waals surface area contributed by atoms with E-state index >= 15 is 0 Å². The Morgan fingerprint density at radius 3 is 2.53 bits per heavy atom. The SMILES string of the molecule is COc1cc(OC)cc(C(=O)N(Cc2cccnc2)c2nc3cc4c(cc3s2)OCO4)c1. The van der Waals surface area contributed by atoms with Gasteiger partial charge in [0.25, 0.3) is 5.91 Å². The molecule has 0 unspecified atom stereocenters. The van der Waals surface area contributed by atoms with Crippen LogP contribution in [0.1, 0.15) is 15.9 Å². The second-order valence-electron chi connectivity index (χ2n) is 7.02. The van der Waals surface area contributed by atoms with E-state index in [1.54, 1.807) is 49.7 Å². The van der Waals surface area contributed by atoms with Crippen molar-refractivity contribution < 1.29 is 23.7 Å². The second-order valence-corrected chi connectivity index (χ2v) is 8.03. The predicted molar refractivity (Wildman–Crippen MR) is 120 cm³/mol. The Morgan fingerprint density at radius 1 is 1.09 bits per heavy atom. The van der Waals surface area contributed by atoms with Crippen LogP contribution < -0.4 is 23.8 Å². The maximum Gasteiger partial charge on any atom is 0.260 e. The Kier molecular flexibility index (Phi) is 5.24. The Labute approximate surface area is 188 Å². The second kappa shape index (κ2) is 8.35. The van der Waals surface area contributed by atoms with Gasteiger partial charge in [-0.15, -0.1) is 0 Å². The van der Waals surface area contributed by atoms with E-state index in [-0.39, 0.29) is 12.7 Å². The molecule has 9 heteroatoms. The van der Waals surface area contributed by atoms with Crippen LogP contribution in [0.4, 0.5) is 5.13 Å². The first-order chi connectivity index (χ1) is 15.6. The molecule has 0 spiro atoms. The number of carbonyl (C=O) groups excluding carboxylic acids is 1. The highest BCUT2D eigenvalue weighted by molar-refractivity contribution is 7.22. The predicted octanol–water partition coefficient (Wildman–Crippen LogP) is 4.28. The van der Waals surface area contributed by atoms with Crippen LogP contribution in [-0.4, -0.2) is 36.9 Å². The summed E-state index contributed by atoms with van der Waals surface area (Å²) < 4.78 is 22.5. The van der Waals surface area contributed by atoms with Gasteiger partial charge in [0.1, 0.15) is 11.5 Å². The van der Waals surface area contributed by atoms with Crippen molar-refractivity contribution in [2.24, 2.45) is 0 Å². The van der Waals surface area contributed by atoms with Crippen LogP contribution in [0.25, 0.3) is 10.2 Å². The summed E-state index contributed by atoms with van der Waals surface area (Å²) >= 11 is 1.41. The van der Waals surface area contributed by atoms with Crippen molar-refractivity contribution in [2.75, 3.05) is 25.9 Å². The molecular formula is C23H19N3O5S. The van der Waals surface area contributed by atoms with Crippen molar-refractivity contribution in [3.8, 4) is 23.0 Å². The number of aromatic nitrogens is 2. The zero-order chi connectivity index (χ0) is 22.1. The third-order valence-electron chi connectivity index (χ3n) is 5.01. The topological polar surface area (TPSA) is 83.0 Å². The minimum Gasteiger partial charge on any atom is -0.497 e. The summed E-state index contributed by atoms with van der Waals surface area (Å²) in [6.45, 7) is 0.501. The van der Waals surface area contributed by atoms with Gasteiger partial charge < -0.3 is 18.9 Å². The number of pyridine rings is 1. The van der Waals surface area contributed by atoms with Crippen molar-refractivity contribution >= 4 is 32.6 Å². The van der Waals surface area contributed by atoms with Crippen LogP contribution in [0.3, 0.4) is 0 Å². The molecule has 0 aliphatic carbocycles. The molecule has 0 saturated heterocycles. The maximum atomic E-state index is 13.7. The molecule has 0 N–H and O–H groups in total. The summed E-state index contributed by atoms with van der Waals surface area (Å²) in [5.41, 5.74) is 2.05. The maximum absolute atomic E-state index is 13.7. The lowest BCUT2D eigenvalue weighted by molar-refractivity contribution is 0.0984. The van der Waals surface area contributed by atoms with Gasteiger partial charge in [-0.2, -0.15) is 0 Å². The largest absolute Gasteiger partial charge is 0.497 e. The number of hydrogen-bond donors (Lipinski definition) is 0. The normalized spacial score (nSPS) is 12.1. The summed E-state index contributed by atoms with van der Waals surface area (Å²) in [7, 11) is 3.10. The standard InChI is InChI=1S/C23H19N3O5S/c1-28-16-6-15(7-17(8-16)29-2)22(27)26(12-14-4-3-5-24-11-14)23-25-18-9-19-20(31-13-30-19)10-21(18)32-23/h3-11H,12-13H2,1-2H3. The van der Waals surface area contributed by atoms with Gasteiger partial charge in [-0.25, -0.2) is 4.98 Å². The molecular weight excluding hydrogens is 430 g/mol. The minimum absolute atomic E-state index is 0.197. The van der Waals surface area contributed by atoms with Crippen molar-refractivity contribution in [3.05, 3.63) is 66.0 Å². The first-order valence-electron chi connectivity index (χ1n) is 9.78. The van der Waals surface area contributed by atoms with Crippen molar-refractivity contribution in [2.45, 2.75) is 6.54 Å². The number of nitrogens with zero attached hydrogens (tertiary/aromatic N) is 3. The Hall–Kier alpha value is -3.85. The van der Waals surface area contributed by atoms with Crippen LogP contribution in [0.5, 0.6) is 23.0 Å². The van der Waals surface area contributed by atoms with Crippen molar-refractivity contribution in [3.63, 3.8) is 0 Å². The fraction of sp³-hybridized carbons (Fsp3) is 0.174. The average Bonchev–Trinajstić information content (AvgIpc) is 3.46. The smallest absolute Gasteiger partial charge is 0.260 e. The monoisotopic (exact) mass is 449 g/mol. The summed E-state index contributed by atoms with van der Waals surface area (Å²) in [5, 5.41) is 0.555. The molecule has 1 aliphatic heterocycles. The van der Waals surface area contributed by atoms with Crippen molar-refractivity contribution in [1.29, 1.82) is 0 Å². The summed E-state index contributed by atoms with van der Waals surface area (Å²) in [6, 6.07) is 12.6. The molecule has 0 saturated carbocycles. The van der Waals surface area contributed by atoms with E-state index in [1.807, 2.05) is 24.3 Å². The fourth-order valence-electron chi connectivity index (χ4n) is 3.41. The van der Waals surface area contributed by atoms with Crippen LogP contribution in [0, 0.1) is 0 Å². The molecule has 2 aromatic carbocycles. The number of amides is 1. The zero-order valence-corrected chi connectivity index (χ0v) is 18.2. The van der Waals surface area contributed by atoms with Gasteiger partial charge >= 0.3 is 0 Å². The number of anilines is 1. The summed E-state index contributed by atoms with van der Waals surface area (Å²) in [5.74, 6) is 2.16.